The first-order chi connectivity index (χ1) is 11.8. The van der Waals surface area contributed by atoms with Crippen LogP contribution in [0.3, 0.4) is 0 Å². The summed E-state index contributed by atoms with van der Waals surface area (Å²) in [5, 5.41) is 3.38. The number of carbonyl (C=O) groups is 1. The van der Waals surface area contributed by atoms with Gasteiger partial charge in [-0.3, -0.25) is 9.78 Å². The highest BCUT2D eigenvalue weighted by molar-refractivity contribution is 7.88. The number of amides is 1. The topological polar surface area (TPSA) is 79.4 Å². The third-order valence-corrected chi connectivity index (χ3v) is 5.90. The average Bonchev–Trinajstić information content (AvgIpc) is 2.56. The molecule has 0 aliphatic carbocycles. The molecule has 0 fully saturated rings. The zero-order valence-corrected chi connectivity index (χ0v) is 15.6. The molecule has 6 nitrogen and oxygen atoms in total. The molecule has 1 aliphatic heterocycles. The fourth-order valence-electron chi connectivity index (χ4n) is 2.74. The summed E-state index contributed by atoms with van der Waals surface area (Å²) in [6.45, 7) is 0.526. The average molecular weight is 400 g/mol. The van der Waals surface area contributed by atoms with Gasteiger partial charge in [0.25, 0.3) is 5.91 Å². The van der Waals surface area contributed by atoms with E-state index in [9.17, 15) is 13.2 Å². The Morgan fingerprint density at radius 2 is 1.92 bits per heavy atom. The van der Waals surface area contributed by atoms with Crippen molar-refractivity contribution in [3.05, 3.63) is 57.3 Å². The van der Waals surface area contributed by atoms with E-state index >= 15 is 0 Å². The number of para-hydroxylation sites is 1. The van der Waals surface area contributed by atoms with E-state index in [0.29, 0.717) is 34.3 Å². The van der Waals surface area contributed by atoms with E-state index in [-0.39, 0.29) is 12.5 Å². The Bertz CT molecular complexity index is 927. The van der Waals surface area contributed by atoms with Gasteiger partial charge in [-0.1, -0.05) is 29.3 Å². The first-order valence-electron chi connectivity index (χ1n) is 7.43. The quantitative estimate of drug-likeness (QED) is 0.859. The fraction of sp³-hybridized carbons (Fsp3) is 0.250. The Morgan fingerprint density at radius 3 is 2.56 bits per heavy atom. The molecule has 1 aromatic heterocycles. The third kappa shape index (κ3) is 3.79. The number of fused-ring (bicyclic) bond motifs is 1. The van der Waals surface area contributed by atoms with Gasteiger partial charge < -0.3 is 5.32 Å². The van der Waals surface area contributed by atoms with Crippen LogP contribution in [-0.4, -0.2) is 36.4 Å². The Hall–Kier alpha value is -1.67. The van der Waals surface area contributed by atoms with Crippen LogP contribution >= 0.6 is 23.2 Å². The van der Waals surface area contributed by atoms with Gasteiger partial charge in [-0.2, -0.15) is 4.31 Å². The number of pyridine rings is 1. The summed E-state index contributed by atoms with van der Waals surface area (Å²) in [7, 11) is -3.29. The van der Waals surface area contributed by atoms with E-state index in [1.54, 1.807) is 24.4 Å². The van der Waals surface area contributed by atoms with Crippen molar-refractivity contribution >= 4 is 44.8 Å². The van der Waals surface area contributed by atoms with Crippen LogP contribution in [0, 0.1) is 0 Å². The molecule has 1 N–H and O–H groups in total. The summed E-state index contributed by atoms with van der Waals surface area (Å²) in [6.07, 6.45) is 4.66. The monoisotopic (exact) mass is 399 g/mol. The van der Waals surface area contributed by atoms with Gasteiger partial charge in [-0.25, -0.2) is 8.42 Å². The standard InChI is InChI=1S/C16H15Cl2N3O3S/c1-25(23,24)21-6-5-11-10(9-21)7-19-8-12(11)16(22)20-15-13(17)3-2-4-14(15)18/h2-4,7-8H,5-6,9H2,1H3,(H,20,22). The molecular formula is C16H15Cl2N3O3S. The largest absolute Gasteiger partial charge is 0.319 e. The maximum Gasteiger partial charge on any atom is 0.257 e. The summed E-state index contributed by atoms with van der Waals surface area (Å²) in [5.41, 5.74) is 2.23. The number of nitrogens with zero attached hydrogens (tertiary/aromatic N) is 2. The fourth-order valence-corrected chi connectivity index (χ4v) is 4.03. The van der Waals surface area contributed by atoms with Gasteiger partial charge in [0.2, 0.25) is 10.0 Å². The van der Waals surface area contributed by atoms with E-state index in [4.69, 9.17) is 23.2 Å². The van der Waals surface area contributed by atoms with Gasteiger partial charge in [0.05, 0.1) is 27.6 Å². The molecule has 0 radical (unpaired) electrons. The molecule has 9 heteroatoms. The Labute approximate surface area is 155 Å². The lowest BCUT2D eigenvalue weighted by Gasteiger charge is -2.27. The first kappa shape index (κ1) is 18.1. The third-order valence-electron chi connectivity index (χ3n) is 4.02. The Morgan fingerprint density at radius 1 is 1.24 bits per heavy atom. The molecule has 0 unspecified atom stereocenters. The van der Waals surface area contributed by atoms with Crippen molar-refractivity contribution in [1.29, 1.82) is 0 Å². The summed E-state index contributed by atoms with van der Waals surface area (Å²) < 4.78 is 24.8. The molecule has 0 saturated heterocycles. The zero-order valence-electron chi connectivity index (χ0n) is 13.3. The lowest BCUT2D eigenvalue weighted by atomic mass is 9.98. The minimum Gasteiger partial charge on any atom is -0.319 e. The molecule has 0 saturated carbocycles. The molecular weight excluding hydrogens is 385 g/mol. The van der Waals surface area contributed by atoms with E-state index < -0.39 is 10.0 Å². The molecule has 1 aromatic carbocycles. The summed E-state index contributed by atoms with van der Waals surface area (Å²) >= 11 is 12.2. The summed E-state index contributed by atoms with van der Waals surface area (Å²) in [4.78, 5) is 16.7. The second-order valence-corrected chi connectivity index (χ2v) is 8.52. The summed E-state index contributed by atoms with van der Waals surface area (Å²) in [6, 6.07) is 4.95. The lowest BCUT2D eigenvalue weighted by Crippen LogP contribution is -2.36. The van der Waals surface area contributed by atoms with E-state index in [1.165, 1.54) is 16.8 Å². The number of benzene rings is 1. The predicted octanol–water partition coefficient (Wildman–Crippen LogP) is 2.96. The highest BCUT2D eigenvalue weighted by atomic mass is 35.5. The van der Waals surface area contributed by atoms with Crippen LogP contribution < -0.4 is 5.32 Å². The Kier molecular flexibility index (Phi) is 5.02. The maximum absolute atomic E-state index is 12.7. The molecule has 1 amide bonds. The number of nitrogens with one attached hydrogen (secondary N) is 1. The van der Waals surface area contributed by atoms with Gasteiger partial charge in [-0.05, 0) is 29.7 Å². The number of hydrogen-bond acceptors (Lipinski definition) is 4. The minimum atomic E-state index is -3.29. The van der Waals surface area contributed by atoms with Crippen molar-refractivity contribution < 1.29 is 13.2 Å². The van der Waals surface area contributed by atoms with Crippen molar-refractivity contribution in [2.24, 2.45) is 0 Å². The molecule has 0 bridgehead atoms. The van der Waals surface area contributed by atoms with Gasteiger partial charge in [0.15, 0.2) is 0 Å². The normalized spacial score (nSPS) is 14.8. The Balaban J connectivity index is 1.91. The molecule has 0 atom stereocenters. The van der Waals surface area contributed by atoms with Gasteiger partial charge in [0.1, 0.15) is 0 Å². The molecule has 2 aromatic rings. The van der Waals surface area contributed by atoms with Gasteiger partial charge in [0, 0.05) is 25.5 Å². The van der Waals surface area contributed by atoms with Crippen molar-refractivity contribution in [2.45, 2.75) is 13.0 Å². The van der Waals surface area contributed by atoms with Crippen LogP contribution in [0.2, 0.25) is 10.0 Å². The van der Waals surface area contributed by atoms with Crippen LogP contribution in [0.1, 0.15) is 21.5 Å². The van der Waals surface area contributed by atoms with Crippen molar-refractivity contribution in [2.75, 3.05) is 18.1 Å². The van der Waals surface area contributed by atoms with Crippen molar-refractivity contribution in [3.63, 3.8) is 0 Å². The summed E-state index contributed by atoms with van der Waals surface area (Å²) in [5.74, 6) is -0.382. The smallest absolute Gasteiger partial charge is 0.257 e. The van der Waals surface area contributed by atoms with Crippen LogP contribution in [-0.2, 0) is 23.0 Å². The van der Waals surface area contributed by atoms with Crippen LogP contribution in [0.4, 0.5) is 5.69 Å². The SMILES string of the molecule is CS(=O)(=O)N1CCc2c(cncc2C(=O)Nc2c(Cl)cccc2Cl)C1. The molecule has 25 heavy (non-hydrogen) atoms. The number of carbonyl (C=O) groups excluding carboxylic acids is 1. The maximum atomic E-state index is 12.7. The zero-order chi connectivity index (χ0) is 18.2. The minimum absolute atomic E-state index is 0.204. The number of sulfonamides is 1. The van der Waals surface area contributed by atoms with E-state index in [2.05, 4.69) is 10.3 Å². The highest BCUT2D eigenvalue weighted by Crippen LogP contribution is 2.31. The molecule has 3 rings (SSSR count). The molecule has 2 heterocycles. The van der Waals surface area contributed by atoms with E-state index in [0.717, 1.165) is 11.1 Å². The number of rotatable bonds is 3. The number of halogens is 2. The van der Waals surface area contributed by atoms with Crippen LogP contribution in [0.15, 0.2) is 30.6 Å². The molecule has 132 valence electrons. The first-order valence-corrected chi connectivity index (χ1v) is 10.0. The van der Waals surface area contributed by atoms with E-state index in [1.807, 2.05) is 0 Å². The second kappa shape index (κ2) is 6.92. The highest BCUT2D eigenvalue weighted by Gasteiger charge is 2.27. The van der Waals surface area contributed by atoms with Crippen LogP contribution in [0.25, 0.3) is 0 Å². The molecule has 0 spiro atoms. The lowest BCUT2D eigenvalue weighted by molar-refractivity contribution is 0.102. The second-order valence-electron chi connectivity index (χ2n) is 5.72. The van der Waals surface area contributed by atoms with Crippen molar-refractivity contribution in [1.82, 2.24) is 9.29 Å². The number of aromatic nitrogens is 1. The van der Waals surface area contributed by atoms with Gasteiger partial charge >= 0.3 is 0 Å². The molecule has 1 aliphatic rings. The predicted molar refractivity (Wildman–Crippen MR) is 97.6 cm³/mol. The number of hydrogen-bond donors (Lipinski definition) is 1. The van der Waals surface area contributed by atoms with Crippen molar-refractivity contribution in [3.8, 4) is 0 Å². The van der Waals surface area contributed by atoms with Gasteiger partial charge in [-0.15, -0.1) is 0 Å². The van der Waals surface area contributed by atoms with Crippen LogP contribution in [0.5, 0.6) is 0 Å². The number of anilines is 1.